The maximum absolute atomic E-state index is 12.7. The maximum Gasteiger partial charge on any atom is 0.248 e. The van der Waals surface area contributed by atoms with Crippen LogP contribution in [0.5, 0.6) is 0 Å². The first kappa shape index (κ1) is 13.6. The van der Waals surface area contributed by atoms with Gasteiger partial charge in [0.15, 0.2) is 0 Å². The quantitative estimate of drug-likeness (QED) is 0.890. The number of fused-ring (bicyclic) bond motifs is 1. The molecule has 0 aliphatic carbocycles. The number of benzene rings is 1. The van der Waals surface area contributed by atoms with Crippen molar-refractivity contribution in [1.82, 2.24) is 9.78 Å². The molecule has 1 atom stereocenters. The summed E-state index contributed by atoms with van der Waals surface area (Å²) >= 11 is 0. The van der Waals surface area contributed by atoms with Gasteiger partial charge < -0.3 is 15.5 Å². The largest absolute Gasteiger partial charge is 0.371 e. The summed E-state index contributed by atoms with van der Waals surface area (Å²) in [5.41, 5.74) is 8.82. The number of aromatic nitrogens is 2. The lowest BCUT2D eigenvalue weighted by atomic mass is 10.1. The standard InChI is InChI=1S/C15H19N5O/c1-18-7-8-20(13-6-4-3-5-12(13)18)15(21)14(16)11-9-17-19(2)10-11/h3-6,9-10,14H,7-8,16H2,1-2H3. The molecule has 1 unspecified atom stereocenters. The Morgan fingerprint density at radius 1 is 1.24 bits per heavy atom. The fraction of sp³-hybridized carbons (Fsp3) is 0.333. The van der Waals surface area contributed by atoms with Crippen molar-refractivity contribution < 1.29 is 4.79 Å². The second-order valence-corrected chi connectivity index (χ2v) is 5.33. The molecule has 0 saturated heterocycles. The summed E-state index contributed by atoms with van der Waals surface area (Å²) in [6.45, 7) is 1.43. The Balaban J connectivity index is 1.90. The summed E-state index contributed by atoms with van der Waals surface area (Å²) in [6, 6.07) is 7.21. The molecule has 0 bridgehead atoms. The van der Waals surface area contributed by atoms with Crippen LogP contribution in [-0.2, 0) is 11.8 Å². The van der Waals surface area contributed by atoms with Gasteiger partial charge in [0.05, 0.1) is 17.6 Å². The van der Waals surface area contributed by atoms with Crippen LogP contribution in [-0.4, -0.2) is 35.8 Å². The molecule has 1 aromatic heterocycles. The van der Waals surface area contributed by atoms with Crippen LogP contribution in [0.4, 0.5) is 11.4 Å². The first-order valence-corrected chi connectivity index (χ1v) is 6.93. The number of carbonyl (C=O) groups excluding carboxylic acids is 1. The van der Waals surface area contributed by atoms with Crippen molar-refractivity contribution in [3.8, 4) is 0 Å². The lowest BCUT2D eigenvalue weighted by Gasteiger charge is -2.36. The van der Waals surface area contributed by atoms with Gasteiger partial charge in [-0.1, -0.05) is 12.1 Å². The summed E-state index contributed by atoms with van der Waals surface area (Å²) < 4.78 is 1.65. The zero-order chi connectivity index (χ0) is 15.0. The summed E-state index contributed by atoms with van der Waals surface area (Å²) in [6.07, 6.45) is 3.43. The van der Waals surface area contributed by atoms with Crippen molar-refractivity contribution in [2.24, 2.45) is 12.8 Å². The number of hydrogen-bond donors (Lipinski definition) is 1. The number of nitrogens with two attached hydrogens (primary N) is 1. The van der Waals surface area contributed by atoms with Crippen LogP contribution in [0.2, 0.25) is 0 Å². The van der Waals surface area contributed by atoms with Crippen LogP contribution in [0.15, 0.2) is 36.7 Å². The molecule has 21 heavy (non-hydrogen) atoms. The van der Waals surface area contributed by atoms with Crippen LogP contribution in [0.1, 0.15) is 11.6 Å². The Kier molecular flexibility index (Phi) is 3.39. The number of rotatable bonds is 2. The lowest BCUT2D eigenvalue weighted by molar-refractivity contribution is -0.120. The first-order chi connectivity index (χ1) is 10.1. The molecule has 6 heteroatoms. The highest BCUT2D eigenvalue weighted by Gasteiger charge is 2.29. The lowest BCUT2D eigenvalue weighted by Crippen LogP contribution is -2.46. The third-order valence-corrected chi connectivity index (χ3v) is 3.86. The minimum atomic E-state index is -0.685. The molecule has 0 fully saturated rings. The second-order valence-electron chi connectivity index (χ2n) is 5.33. The van der Waals surface area contributed by atoms with E-state index in [1.807, 2.05) is 38.4 Å². The van der Waals surface area contributed by atoms with Crippen molar-refractivity contribution >= 4 is 17.3 Å². The van der Waals surface area contributed by atoms with Crippen LogP contribution >= 0.6 is 0 Å². The highest BCUT2D eigenvalue weighted by atomic mass is 16.2. The van der Waals surface area contributed by atoms with E-state index in [9.17, 15) is 4.79 Å². The number of likely N-dealkylation sites (N-methyl/N-ethyl adjacent to an activating group) is 1. The summed E-state index contributed by atoms with van der Waals surface area (Å²) in [5.74, 6) is -0.0939. The minimum absolute atomic E-state index is 0.0939. The Hall–Kier alpha value is -2.34. The summed E-state index contributed by atoms with van der Waals surface area (Å²) in [4.78, 5) is 16.6. The van der Waals surface area contributed by atoms with Gasteiger partial charge in [0.1, 0.15) is 6.04 Å². The van der Waals surface area contributed by atoms with Gasteiger partial charge in [-0.05, 0) is 12.1 Å². The average molecular weight is 285 g/mol. The summed E-state index contributed by atoms with van der Waals surface area (Å²) in [5, 5.41) is 4.08. The van der Waals surface area contributed by atoms with E-state index in [0.29, 0.717) is 6.54 Å². The number of carbonyl (C=O) groups is 1. The van der Waals surface area contributed by atoms with E-state index in [-0.39, 0.29) is 5.91 Å². The van der Waals surface area contributed by atoms with Gasteiger partial charge in [0, 0.05) is 38.9 Å². The van der Waals surface area contributed by atoms with E-state index >= 15 is 0 Å². The third kappa shape index (κ3) is 2.38. The van der Waals surface area contributed by atoms with Crippen molar-refractivity contribution in [3.63, 3.8) is 0 Å². The van der Waals surface area contributed by atoms with Gasteiger partial charge in [-0.3, -0.25) is 9.48 Å². The van der Waals surface area contributed by atoms with E-state index in [2.05, 4.69) is 10.00 Å². The molecule has 110 valence electrons. The second kappa shape index (κ2) is 5.21. The maximum atomic E-state index is 12.7. The van der Waals surface area contributed by atoms with E-state index in [1.165, 1.54) is 0 Å². The molecule has 6 nitrogen and oxygen atoms in total. The molecule has 0 spiro atoms. The van der Waals surface area contributed by atoms with Gasteiger partial charge in [-0.25, -0.2) is 0 Å². The zero-order valence-corrected chi connectivity index (χ0v) is 12.2. The topological polar surface area (TPSA) is 67.4 Å². The zero-order valence-electron chi connectivity index (χ0n) is 12.2. The van der Waals surface area contributed by atoms with E-state index in [4.69, 9.17) is 5.73 Å². The predicted molar refractivity (Wildman–Crippen MR) is 82.2 cm³/mol. The summed E-state index contributed by atoms with van der Waals surface area (Å²) in [7, 11) is 3.84. The molecule has 2 aromatic rings. The highest BCUT2D eigenvalue weighted by molar-refractivity contribution is 6.01. The van der Waals surface area contributed by atoms with E-state index in [1.54, 1.807) is 22.0 Å². The van der Waals surface area contributed by atoms with E-state index < -0.39 is 6.04 Å². The van der Waals surface area contributed by atoms with Gasteiger partial charge in [-0.15, -0.1) is 0 Å². The Bertz CT molecular complexity index is 666. The van der Waals surface area contributed by atoms with Crippen molar-refractivity contribution in [2.45, 2.75) is 6.04 Å². The molecule has 0 saturated carbocycles. The minimum Gasteiger partial charge on any atom is -0.371 e. The Morgan fingerprint density at radius 2 is 1.95 bits per heavy atom. The van der Waals surface area contributed by atoms with E-state index in [0.717, 1.165) is 23.5 Å². The Morgan fingerprint density at radius 3 is 2.62 bits per heavy atom. The van der Waals surface area contributed by atoms with Crippen LogP contribution in [0, 0.1) is 0 Å². The molecule has 1 aliphatic rings. The number of nitrogens with zero attached hydrogens (tertiary/aromatic N) is 4. The molecule has 1 aromatic carbocycles. The molecule has 1 aliphatic heterocycles. The predicted octanol–water partition coefficient (Wildman–Crippen LogP) is 0.903. The molecule has 3 rings (SSSR count). The monoisotopic (exact) mass is 285 g/mol. The molecular formula is C15H19N5O. The van der Waals surface area contributed by atoms with Crippen LogP contribution < -0.4 is 15.5 Å². The van der Waals surface area contributed by atoms with Crippen molar-refractivity contribution in [2.75, 3.05) is 29.9 Å². The first-order valence-electron chi connectivity index (χ1n) is 6.93. The fourth-order valence-corrected chi connectivity index (χ4v) is 2.65. The molecular weight excluding hydrogens is 266 g/mol. The number of anilines is 2. The normalized spacial score (nSPS) is 15.8. The number of amides is 1. The van der Waals surface area contributed by atoms with Crippen LogP contribution in [0.25, 0.3) is 0 Å². The van der Waals surface area contributed by atoms with Crippen molar-refractivity contribution in [3.05, 3.63) is 42.2 Å². The molecule has 1 amide bonds. The highest BCUT2D eigenvalue weighted by Crippen LogP contribution is 2.33. The number of aryl methyl sites for hydroxylation is 1. The molecule has 2 N–H and O–H groups in total. The van der Waals surface area contributed by atoms with Crippen LogP contribution in [0.3, 0.4) is 0 Å². The van der Waals surface area contributed by atoms with Gasteiger partial charge in [0.2, 0.25) is 5.91 Å². The molecule has 0 radical (unpaired) electrons. The van der Waals surface area contributed by atoms with Gasteiger partial charge >= 0.3 is 0 Å². The smallest absolute Gasteiger partial charge is 0.248 e. The SMILES string of the molecule is CN1CCN(C(=O)C(N)c2cnn(C)c2)c2ccccc21. The van der Waals surface area contributed by atoms with Gasteiger partial charge in [0.25, 0.3) is 0 Å². The number of hydrogen-bond acceptors (Lipinski definition) is 4. The Labute approximate surface area is 123 Å². The molecule has 2 heterocycles. The fourth-order valence-electron chi connectivity index (χ4n) is 2.65. The van der Waals surface area contributed by atoms with Crippen molar-refractivity contribution in [1.29, 1.82) is 0 Å². The average Bonchev–Trinajstić information content (AvgIpc) is 2.93. The van der Waals surface area contributed by atoms with Gasteiger partial charge in [-0.2, -0.15) is 5.10 Å². The third-order valence-electron chi connectivity index (χ3n) is 3.86. The number of para-hydroxylation sites is 2.